The molecule has 0 aliphatic carbocycles. The van der Waals surface area contributed by atoms with Crippen LogP contribution in [0.1, 0.15) is 107 Å². The molecule has 2 aromatic heterocycles. The maximum atomic E-state index is 14.2. The topological polar surface area (TPSA) is 268 Å². The summed E-state index contributed by atoms with van der Waals surface area (Å²) in [6, 6.07) is 4.27. The Morgan fingerprint density at radius 3 is 2.24 bits per heavy atom. The molecule has 3 atom stereocenters. The van der Waals surface area contributed by atoms with Crippen LogP contribution in [0.3, 0.4) is 0 Å². The number of ether oxygens (including phenoxy) is 4. The summed E-state index contributed by atoms with van der Waals surface area (Å²) >= 11 is 0.905. The number of thiazole rings is 1. The number of aromatic nitrogens is 3. The van der Waals surface area contributed by atoms with Gasteiger partial charge in [0, 0.05) is 11.9 Å². The van der Waals surface area contributed by atoms with Crippen molar-refractivity contribution in [3.63, 3.8) is 0 Å². The molecule has 368 valence electrons. The van der Waals surface area contributed by atoms with E-state index in [1.54, 1.807) is 68.4 Å². The fourth-order valence-electron chi connectivity index (χ4n) is 6.84. The summed E-state index contributed by atoms with van der Waals surface area (Å²) in [4.78, 5) is 76.4. The molecular weight excluding hydrogens is 917 g/mol. The van der Waals surface area contributed by atoms with Gasteiger partial charge in [0.2, 0.25) is 6.20 Å². The van der Waals surface area contributed by atoms with Gasteiger partial charge in [-0.1, -0.05) is 11.2 Å². The first-order valence-corrected chi connectivity index (χ1v) is 23.6. The van der Waals surface area contributed by atoms with Crippen LogP contribution in [0.25, 0.3) is 11.1 Å². The number of carbonyl (C=O) groups excluding carboxylic acids is 5. The van der Waals surface area contributed by atoms with Crippen molar-refractivity contribution >= 4 is 62.5 Å². The van der Waals surface area contributed by atoms with Gasteiger partial charge >= 0.3 is 28.6 Å². The van der Waals surface area contributed by atoms with Crippen LogP contribution in [-0.4, -0.2) is 110 Å². The van der Waals surface area contributed by atoms with Crippen LogP contribution in [0.15, 0.2) is 41.1 Å². The van der Waals surface area contributed by atoms with Crippen molar-refractivity contribution in [2.75, 3.05) is 11.9 Å². The van der Waals surface area contributed by atoms with E-state index in [-0.39, 0.29) is 17.2 Å². The van der Waals surface area contributed by atoms with E-state index in [9.17, 15) is 36.9 Å². The molecule has 5 rings (SSSR count). The molecule has 4 heterocycles. The zero-order valence-corrected chi connectivity index (χ0v) is 41.6. The van der Waals surface area contributed by atoms with Crippen LogP contribution in [0, 0.1) is 0 Å². The number of hydroxylamine groups is 2. The van der Waals surface area contributed by atoms with E-state index in [1.807, 2.05) is 40.9 Å². The summed E-state index contributed by atoms with van der Waals surface area (Å²) in [5, 5.41) is 13.7. The Morgan fingerprint density at radius 1 is 0.985 bits per heavy atom. The molecule has 1 aromatic carbocycles. The van der Waals surface area contributed by atoms with Crippen LogP contribution >= 0.6 is 11.3 Å². The number of anilines is 1. The Labute approximate surface area is 393 Å². The fourth-order valence-corrected chi connectivity index (χ4v) is 7.97. The smallest absolute Gasteiger partial charge is 0.418 e. The molecule has 0 spiro atoms. The maximum Gasteiger partial charge on any atom is 0.418 e. The molecule has 4 amide bonds. The van der Waals surface area contributed by atoms with Gasteiger partial charge in [-0.15, -0.1) is 20.3 Å². The Balaban J connectivity index is 1.41. The monoisotopic (exact) mass is 977 g/mol. The van der Waals surface area contributed by atoms with Gasteiger partial charge in [0.1, 0.15) is 34.3 Å². The first-order valence-electron chi connectivity index (χ1n) is 21.3. The van der Waals surface area contributed by atoms with Crippen LogP contribution in [0.4, 0.5) is 14.7 Å². The summed E-state index contributed by atoms with van der Waals surface area (Å²) in [5.74, 6) is -2.48. The van der Waals surface area contributed by atoms with E-state index in [2.05, 4.69) is 30.4 Å². The van der Waals surface area contributed by atoms with E-state index < -0.39 is 86.2 Å². The lowest BCUT2D eigenvalue weighted by Crippen LogP contribution is -2.76. The van der Waals surface area contributed by atoms with Gasteiger partial charge in [0.15, 0.2) is 24.0 Å². The zero-order chi connectivity index (χ0) is 50.1. The molecular formula is C43H61N8O14S2+. The largest absolute Gasteiger partial charge is 0.485 e. The summed E-state index contributed by atoms with van der Waals surface area (Å²) in [7, 11) is -3.17. The van der Waals surface area contributed by atoms with E-state index in [0.29, 0.717) is 36.7 Å². The van der Waals surface area contributed by atoms with Gasteiger partial charge in [0.05, 0.1) is 23.8 Å². The van der Waals surface area contributed by atoms with Crippen molar-refractivity contribution in [2.45, 2.75) is 149 Å². The molecule has 1 fully saturated rings. The number of carbonyl (C=O) groups is 5. The molecule has 67 heavy (non-hydrogen) atoms. The molecule has 0 radical (unpaired) electrons. The number of aryl methyl sites for hydroxylation is 3. The summed E-state index contributed by atoms with van der Waals surface area (Å²) < 4.78 is 63.4. The molecule has 22 nitrogen and oxygen atoms in total. The number of oxime groups is 1. The minimum atomic E-state index is -5.09. The van der Waals surface area contributed by atoms with Gasteiger partial charge in [-0.2, -0.15) is 18.2 Å². The minimum absolute atomic E-state index is 0.00284. The number of nitrogens with zero attached hydrogens (tertiary/aromatic N) is 5. The number of esters is 1. The third-order valence-electron chi connectivity index (χ3n) is 10.0. The quantitative estimate of drug-likeness (QED) is 0.0234. The van der Waals surface area contributed by atoms with Gasteiger partial charge in [0.25, 0.3) is 17.4 Å². The maximum absolute atomic E-state index is 14.2. The standard InChI is InChI=1S/C43H60N8O14S2/c1-39(2,3)61-35(54)43(12,30-18-16-26-21-25(15-17-29(26)60-30)27-22-49(13)50(23-27)20-14-19-44-37(55)62-40(4,5)6)64-48-31(28-24-66-36(45-28)47-38(56)63-41(7,8)9)33(52)46-32-34(53)51(42(32,10)11)65-67(57,58)59/h15,17,21-24,30,32H,14,16,18-20H2,1-13H3,(H3-,44,45,46,47,52,55,56,57,58,59)/p+1/b48-31-/t30-,32?,43?/m1/s1. The van der Waals surface area contributed by atoms with Crippen LogP contribution in [0.5, 0.6) is 5.75 Å². The summed E-state index contributed by atoms with van der Waals surface area (Å²) in [6.45, 7) is 20.7. The number of rotatable bonds is 15. The van der Waals surface area contributed by atoms with Crippen molar-refractivity contribution in [3.05, 3.63) is 47.2 Å². The molecule has 2 aliphatic heterocycles. The van der Waals surface area contributed by atoms with Crippen molar-refractivity contribution in [1.82, 2.24) is 25.4 Å². The molecule has 3 aromatic rings. The second-order valence-corrected chi connectivity index (χ2v) is 21.6. The third-order valence-corrected chi connectivity index (χ3v) is 11.1. The predicted molar refractivity (Wildman–Crippen MR) is 242 cm³/mol. The van der Waals surface area contributed by atoms with Crippen molar-refractivity contribution < 1.29 is 69.7 Å². The highest BCUT2D eigenvalue weighted by molar-refractivity contribution is 7.80. The highest BCUT2D eigenvalue weighted by Gasteiger charge is 2.58. The number of nitrogens with one attached hydrogen (secondary N) is 3. The average Bonchev–Trinajstić information content (AvgIpc) is 3.80. The van der Waals surface area contributed by atoms with Gasteiger partial charge < -0.3 is 34.4 Å². The Bertz CT molecular complexity index is 2520. The lowest BCUT2D eigenvalue weighted by molar-refractivity contribution is -0.753. The molecule has 4 N–H and O–H groups in total. The zero-order valence-electron chi connectivity index (χ0n) is 40.0. The van der Waals surface area contributed by atoms with Crippen molar-refractivity contribution in [1.29, 1.82) is 0 Å². The third kappa shape index (κ3) is 13.6. The second kappa shape index (κ2) is 19.4. The number of β-lactam (4-membered cyclic amide) rings is 1. The first kappa shape index (κ1) is 52.1. The molecule has 2 aliphatic rings. The van der Waals surface area contributed by atoms with Gasteiger partial charge in [-0.05, 0) is 126 Å². The average molecular weight is 978 g/mol. The van der Waals surface area contributed by atoms with Crippen LogP contribution in [-0.2, 0) is 68.1 Å². The lowest BCUT2D eigenvalue weighted by Gasteiger charge is -2.50. The van der Waals surface area contributed by atoms with E-state index in [0.717, 1.165) is 28.0 Å². The van der Waals surface area contributed by atoms with Gasteiger partial charge in [-0.3, -0.25) is 19.5 Å². The summed E-state index contributed by atoms with van der Waals surface area (Å²) in [6.07, 6.45) is 2.99. The fraction of sp³-hybridized carbons (Fsp3) is 0.581. The minimum Gasteiger partial charge on any atom is -0.485 e. The molecule has 0 bridgehead atoms. The lowest BCUT2D eigenvalue weighted by atomic mass is 9.84. The number of alkyl carbamates (subject to hydrolysis) is 1. The molecule has 1 saturated heterocycles. The van der Waals surface area contributed by atoms with E-state index in [4.69, 9.17) is 23.8 Å². The second-order valence-electron chi connectivity index (χ2n) is 19.7. The Kier molecular flexibility index (Phi) is 15.1. The number of fused-ring (bicyclic) bond motifs is 1. The van der Waals surface area contributed by atoms with Crippen LogP contribution < -0.4 is 25.4 Å². The summed E-state index contributed by atoms with van der Waals surface area (Å²) in [5.41, 5.74) is -3.95. The molecule has 0 saturated carbocycles. The first-order chi connectivity index (χ1) is 30.7. The SMILES string of the molecule is C[n+]1cc(-c2ccc3c(c2)CC[C@H](C(C)(O/N=C(\C(=O)NC2C(=O)N(OS(=O)(=O)O)C2(C)C)c2csc(NC(=O)OC(C)(C)C)n2)C(=O)OC(C)(C)C)O3)cn1CCCNC(=O)OC(C)(C)C. The highest BCUT2D eigenvalue weighted by atomic mass is 32.3. The number of benzene rings is 1. The molecule has 24 heteroatoms. The number of amides is 4. The number of hydrogen-bond donors (Lipinski definition) is 4. The van der Waals surface area contributed by atoms with E-state index in [1.165, 1.54) is 26.2 Å². The van der Waals surface area contributed by atoms with Crippen molar-refractivity contribution in [2.24, 2.45) is 12.2 Å². The van der Waals surface area contributed by atoms with Crippen LogP contribution in [0.2, 0.25) is 0 Å². The Morgan fingerprint density at radius 2 is 1.63 bits per heavy atom. The molecule has 2 unspecified atom stereocenters. The van der Waals surface area contributed by atoms with Crippen molar-refractivity contribution in [3.8, 4) is 16.9 Å². The predicted octanol–water partition coefficient (Wildman–Crippen LogP) is 4.75. The van der Waals surface area contributed by atoms with E-state index >= 15 is 0 Å². The highest BCUT2D eigenvalue weighted by Crippen LogP contribution is 2.38. The normalized spacial score (nSPS) is 18.3. The number of hydrogen-bond acceptors (Lipinski definition) is 16. The Hall–Kier alpha value is -5.85. The van der Waals surface area contributed by atoms with Gasteiger partial charge in [-0.25, -0.2) is 19.4 Å².